The van der Waals surface area contributed by atoms with Gasteiger partial charge < -0.3 is 9.80 Å². The van der Waals surface area contributed by atoms with Gasteiger partial charge in [0.25, 0.3) is 0 Å². The third-order valence-corrected chi connectivity index (χ3v) is 3.24. The number of hydrogen-bond acceptors (Lipinski definition) is 4. The Hall–Kier alpha value is -0.160. The Bertz CT molecular complexity index is 188. The normalized spacial score (nSPS) is 16.0. The highest BCUT2D eigenvalue weighted by molar-refractivity contribution is 4.62. The average molecular weight is 260 g/mol. The number of rotatable bonds is 9. The van der Waals surface area contributed by atoms with E-state index >= 15 is 0 Å². The summed E-state index contributed by atoms with van der Waals surface area (Å²) in [5, 5.41) is 0. The predicted molar refractivity (Wildman–Crippen MR) is 76.6 cm³/mol. The molecule has 0 spiro atoms. The fourth-order valence-electron chi connectivity index (χ4n) is 1.48. The summed E-state index contributed by atoms with van der Waals surface area (Å²) in [6, 6.07) is 1.06. The molecule has 2 unspecified atom stereocenters. The molecule has 0 bridgehead atoms. The molecule has 0 saturated heterocycles. The molecule has 0 N–H and O–H groups in total. The molecule has 0 aromatic rings. The average Bonchev–Trinajstić information content (AvgIpc) is 2.25. The summed E-state index contributed by atoms with van der Waals surface area (Å²) < 4.78 is 0. The van der Waals surface area contributed by atoms with Crippen LogP contribution in [0.3, 0.4) is 0 Å². The fourth-order valence-corrected chi connectivity index (χ4v) is 1.48. The van der Waals surface area contributed by atoms with Gasteiger partial charge in [-0.2, -0.15) is 0 Å². The van der Waals surface area contributed by atoms with Crippen LogP contribution in [0.1, 0.15) is 41.5 Å². The molecule has 0 radical (unpaired) electrons. The lowest BCUT2D eigenvalue weighted by molar-refractivity contribution is -0.347. The summed E-state index contributed by atoms with van der Waals surface area (Å²) in [6.07, 6.45) is 0.174. The van der Waals surface area contributed by atoms with Crippen molar-refractivity contribution >= 4 is 0 Å². The molecule has 4 heteroatoms. The van der Waals surface area contributed by atoms with Gasteiger partial charge in [0, 0.05) is 25.2 Å². The van der Waals surface area contributed by atoms with Crippen molar-refractivity contribution < 1.29 is 9.78 Å². The molecule has 18 heavy (non-hydrogen) atoms. The summed E-state index contributed by atoms with van der Waals surface area (Å²) in [7, 11) is 4.20. The SMILES string of the molecule is CC(CN(C)C(C)C)OOC(C)CN(C)C(C)C. The van der Waals surface area contributed by atoms with Crippen LogP contribution >= 0.6 is 0 Å². The fraction of sp³-hybridized carbons (Fsp3) is 1.00. The first kappa shape index (κ1) is 17.8. The van der Waals surface area contributed by atoms with Gasteiger partial charge in [-0.05, 0) is 55.6 Å². The highest BCUT2D eigenvalue weighted by Crippen LogP contribution is 2.04. The molecular formula is C14H32N2O2. The van der Waals surface area contributed by atoms with E-state index in [1.807, 2.05) is 13.8 Å². The quantitative estimate of drug-likeness (QED) is 0.469. The summed E-state index contributed by atoms with van der Waals surface area (Å²) in [6.45, 7) is 14.5. The second kappa shape index (κ2) is 8.86. The zero-order chi connectivity index (χ0) is 14.3. The van der Waals surface area contributed by atoms with E-state index in [1.165, 1.54) is 0 Å². The van der Waals surface area contributed by atoms with Gasteiger partial charge in [-0.3, -0.25) is 0 Å². The molecule has 0 saturated carbocycles. The van der Waals surface area contributed by atoms with Gasteiger partial charge >= 0.3 is 0 Å². The predicted octanol–water partition coefficient (Wildman–Crippen LogP) is 2.39. The molecule has 0 aliphatic heterocycles. The molecule has 110 valence electrons. The van der Waals surface area contributed by atoms with Crippen LogP contribution in [0.15, 0.2) is 0 Å². The maximum Gasteiger partial charge on any atom is 0.103 e. The van der Waals surface area contributed by atoms with E-state index in [2.05, 4.69) is 51.6 Å². The highest BCUT2D eigenvalue weighted by atomic mass is 17.2. The maximum atomic E-state index is 5.44. The Labute approximate surface area is 113 Å². The molecule has 0 aromatic carbocycles. The number of nitrogens with zero attached hydrogens (tertiary/aromatic N) is 2. The van der Waals surface area contributed by atoms with Gasteiger partial charge in [0.15, 0.2) is 0 Å². The monoisotopic (exact) mass is 260 g/mol. The molecule has 0 aliphatic carbocycles. The summed E-state index contributed by atoms with van der Waals surface area (Å²) in [5.74, 6) is 0. The summed E-state index contributed by atoms with van der Waals surface area (Å²) in [4.78, 5) is 15.4. The first-order valence-corrected chi connectivity index (χ1v) is 6.96. The van der Waals surface area contributed by atoms with Crippen LogP contribution in [-0.4, -0.2) is 61.3 Å². The molecule has 2 atom stereocenters. The van der Waals surface area contributed by atoms with Crippen molar-refractivity contribution in [2.45, 2.75) is 65.8 Å². The van der Waals surface area contributed by atoms with E-state index in [0.717, 1.165) is 13.1 Å². The lowest BCUT2D eigenvalue weighted by Gasteiger charge is -2.27. The van der Waals surface area contributed by atoms with Crippen molar-refractivity contribution in [3.63, 3.8) is 0 Å². The zero-order valence-electron chi connectivity index (χ0n) is 13.4. The van der Waals surface area contributed by atoms with E-state index in [0.29, 0.717) is 12.1 Å². The Balaban J connectivity index is 3.81. The van der Waals surface area contributed by atoms with E-state index in [1.54, 1.807) is 0 Å². The maximum absolute atomic E-state index is 5.44. The van der Waals surface area contributed by atoms with Crippen molar-refractivity contribution in [1.29, 1.82) is 0 Å². The smallest absolute Gasteiger partial charge is 0.103 e. The minimum Gasteiger partial charge on any atom is -0.301 e. The largest absolute Gasteiger partial charge is 0.301 e. The van der Waals surface area contributed by atoms with Crippen LogP contribution in [0.25, 0.3) is 0 Å². The minimum absolute atomic E-state index is 0.0872. The van der Waals surface area contributed by atoms with Crippen LogP contribution in [0.4, 0.5) is 0 Å². The first-order chi connectivity index (χ1) is 8.23. The summed E-state index contributed by atoms with van der Waals surface area (Å²) >= 11 is 0. The highest BCUT2D eigenvalue weighted by Gasteiger charge is 2.14. The van der Waals surface area contributed by atoms with Crippen molar-refractivity contribution in [2.75, 3.05) is 27.2 Å². The molecular weight excluding hydrogens is 228 g/mol. The Morgan fingerprint density at radius 2 is 0.944 bits per heavy atom. The van der Waals surface area contributed by atoms with Crippen molar-refractivity contribution in [3.8, 4) is 0 Å². The van der Waals surface area contributed by atoms with Gasteiger partial charge in [-0.1, -0.05) is 0 Å². The van der Waals surface area contributed by atoms with Gasteiger partial charge in [0.1, 0.15) is 12.2 Å². The Kier molecular flexibility index (Phi) is 8.78. The molecule has 0 fully saturated rings. The van der Waals surface area contributed by atoms with Crippen molar-refractivity contribution in [1.82, 2.24) is 9.80 Å². The van der Waals surface area contributed by atoms with Crippen molar-refractivity contribution in [3.05, 3.63) is 0 Å². The van der Waals surface area contributed by atoms with Crippen LogP contribution in [0.2, 0.25) is 0 Å². The topological polar surface area (TPSA) is 24.9 Å². The molecule has 4 nitrogen and oxygen atoms in total. The molecule has 0 heterocycles. The Morgan fingerprint density at radius 1 is 0.667 bits per heavy atom. The van der Waals surface area contributed by atoms with Gasteiger partial charge in [0.05, 0.1) is 0 Å². The van der Waals surface area contributed by atoms with Crippen LogP contribution in [0.5, 0.6) is 0 Å². The second-order valence-electron chi connectivity index (χ2n) is 5.88. The van der Waals surface area contributed by atoms with Crippen LogP contribution in [0, 0.1) is 0 Å². The third kappa shape index (κ3) is 8.03. The van der Waals surface area contributed by atoms with Crippen molar-refractivity contribution in [2.24, 2.45) is 0 Å². The molecule has 0 amide bonds. The number of likely N-dealkylation sites (N-methyl/N-ethyl adjacent to an activating group) is 2. The third-order valence-electron chi connectivity index (χ3n) is 3.24. The second-order valence-corrected chi connectivity index (χ2v) is 5.88. The standard InChI is InChI=1S/C14H32N2O2/c1-11(2)15(7)9-13(5)17-18-14(6)10-16(8)12(3)4/h11-14H,9-10H2,1-8H3. The van der Waals surface area contributed by atoms with Gasteiger partial charge in [0.2, 0.25) is 0 Å². The molecule has 0 aromatic heterocycles. The van der Waals surface area contributed by atoms with E-state index < -0.39 is 0 Å². The van der Waals surface area contributed by atoms with E-state index in [-0.39, 0.29) is 12.2 Å². The minimum atomic E-state index is 0.0872. The lowest BCUT2D eigenvalue weighted by Crippen LogP contribution is -2.37. The van der Waals surface area contributed by atoms with Gasteiger partial charge in [-0.15, -0.1) is 0 Å². The van der Waals surface area contributed by atoms with Gasteiger partial charge in [-0.25, -0.2) is 9.78 Å². The Morgan fingerprint density at radius 3 is 1.17 bits per heavy atom. The molecule has 0 rings (SSSR count). The lowest BCUT2D eigenvalue weighted by atomic mass is 10.3. The zero-order valence-corrected chi connectivity index (χ0v) is 13.4. The summed E-state index contributed by atoms with van der Waals surface area (Å²) in [5.41, 5.74) is 0. The number of hydrogen-bond donors (Lipinski definition) is 0. The van der Waals surface area contributed by atoms with Crippen LogP contribution < -0.4 is 0 Å². The molecule has 0 aliphatic rings. The van der Waals surface area contributed by atoms with E-state index in [9.17, 15) is 0 Å². The van der Waals surface area contributed by atoms with E-state index in [4.69, 9.17) is 9.78 Å². The first-order valence-electron chi connectivity index (χ1n) is 6.96. The van der Waals surface area contributed by atoms with Crippen LogP contribution in [-0.2, 0) is 9.78 Å².